The quantitative estimate of drug-likeness (QED) is 0.460. The molecule has 29 heavy (non-hydrogen) atoms. The highest BCUT2D eigenvalue weighted by atomic mass is 35.5. The monoisotopic (exact) mass is 412 g/mol. The highest BCUT2D eigenvalue weighted by molar-refractivity contribution is 6.32. The highest BCUT2D eigenvalue weighted by Crippen LogP contribution is 2.40. The van der Waals surface area contributed by atoms with Crippen LogP contribution in [-0.4, -0.2) is 27.2 Å². The standard InChI is InChI=1S/C20H17ClN4O4/c21-16-10-15(25(27)28)8-9-18(16)29-12-20(26)22-19-11-17(13-6-7-13)23-24(19)14-4-2-1-3-5-14/h1-5,8-11,13H,6-7,12H2,(H,22,26). The Morgan fingerprint density at radius 3 is 2.66 bits per heavy atom. The van der Waals surface area contributed by atoms with Crippen molar-refractivity contribution in [2.45, 2.75) is 18.8 Å². The number of non-ortho nitro benzene ring substituents is 1. The van der Waals surface area contributed by atoms with Crippen LogP contribution in [0.25, 0.3) is 5.69 Å². The van der Waals surface area contributed by atoms with Crippen molar-refractivity contribution in [3.05, 3.63) is 75.4 Å². The van der Waals surface area contributed by atoms with Gasteiger partial charge in [-0.2, -0.15) is 5.10 Å². The van der Waals surface area contributed by atoms with Crippen molar-refractivity contribution in [1.82, 2.24) is 9.78 Å². The molecule has 1 fully saturated rings. The molecule has 0 atom stereocenters. The minimum absolute atomic E-state index is 0.0670. The van der Waals surface area contributed by atoms with Crippen molar-refractivity contribution in [2.75, 3.05) is 11.9 Å². The molecule has 1 heterocycles. The maximum absolute atomic E-state index is 12.4. The van der Waals surface area contributed by atoms with Gasteiger partial charge in [0.1, 0.15) is 11.6 Å². The summed E-state index contributed by atoms with van der Waals surface area (Å²) in [5.74, 6) is 0.800. The fourth-order valence-electron chi connectivity index (χ4n) is 2.88. The van der Waals surface area contributed by atoms with Gasteiger partial charge in [-0.15, -0.1) is 0 Å². The number of ether oxygens (including phenoxy) is 1. The summed E-state index contributed by atoms with van der Waals surface area (Å²) in [7, 11) is 0. The molecule has 148 valence electrons. The molecule has 1 N–H and O–H groups in total. The molecule has 0 saturated heterocycles. The first-order valence-electron chi connectivity index (χ1n) is 9.03. The number of halogens is 1. The number of hydrogen-bond donors (Lipinski definition) is 1. The number of para-hydroxylation sites is 1. The fraction of sp³-hybridized carbons (Fsp3) is 0.200. The molecule has 4 rings (SSSR count). The van der Waals surface area contributed by atoms with Gasteiger partial charge in [0.05, 0.1) is 21.3 Å². The molecule has 1 amide bonds. The lowest BCUT2D eigenvalue weighted by Gasteiger charge is -2.10. The molecule has 2 aromatic carbocycles. The summed E-state index contributed by atoms with van der Waals surface area (Å²) in [5.41, 5.74) is 1.64. The minimum atomic E-state index is -0.551. The number of anilines is 1. The number of amides is 1. The second kappa shape index (κ2) is 7.92. The SMILES string of the molecule is O=C(COc1ccc([N+](=O)[O-])cc1Cl)Nc1cc(C2CC2)nn1-c1ccccc1. The van der Waals surface area contributed by atoms with Crippen LogP contribution < -0.4 is 10.1 Å². The van der Waals surface area contributed by atoms with E-state index in [1.165, 1.54) is 18.2 Å². The molecule has 3 aromatic rings. The number of aromatic nitrogens is 2. The lowest BCUT2D eigenvalue weighted by molar-refractivity contribution is -0.384. The number of rotatable bonds is 7. The first-order valence-corrected chi connectivity index (χ1v) is 9.41. The van der Waals surface area contributed by atoms with Gasteiger partial charge in [0.2, 0.25) is 0 Å². The first kappa shape index (κ1) is 18.9. The molecule has 1 saturated carbocycles. The van der Waals surface area contributed by atoms with Gasteiger partial charge in [0.25, 0.3) is 11.6 Å². The highest BCUT2D eigenvalue weighted by Gasteiger charge is 2.28. The Bertz CT molecular complexity index is 1060. The third kappa shape index (κ3) is 4.38. The maximum atomic E-state index is 12.4. The average Bonchev–Trinajstić information content (AvgIpc) is 3.48. The van der Waals surface area contributed by atoms with Crippen LogP contribution in [0.5, 0.6) is 5.75 Å². The van der Waals surface area contributed by atoms with E-state index in [0.29, 0.717) is 11.7 Å². The summed E-state index contributed by atoms with van der Waals surface area (Å²) < 4.78 is 7.12. The first-order chi connectivity index (χ1) is 14.0. The third-order valence-electron chi connectivity index (χ3n) is 4.48. The normalized spacial score (nSPS) is 13.1. The molecule has 1 aliphatic rings. The van der Waals surface area contributed by atoms with Crippen molar-refractivity contribution in [3.8, 4) is 11.4 Å². The van der Waals surface area contributed by atoms with Crippen LogP contribution in [0.4, 0.5) is 11.5 Å². The van der Waals surface area contributed by atoms with Crippen molar-refractivity contribution < 1.29 is 14.5 Å². The molecular weight excluding hydrogens is 396 g/mol. The van der Waals surface area contributed by atoms with E-state index in [0.717, 1.165) is 24.2 Å². The van der Waals surface area contributed by atoms with Gasteiger partial charge in [-0.25, -0.2) is 4.68 Å². The van der Waals surface area contributed by atoms with Crippen LogP contribution in [0.15, 0.2) is 54.6 Å². The number of hydrogen-bond acceptors (Lipinski definition) is 5. The zero-order chi connectivity index (χ0) is 20.4. The predicted molar refractivity (Wildman–Crippen MR) is 108 cm³/mol. The van der Waals surface area contributed by atoms with E-state index in [2.05, 4.69) is 10.4 Å². The maximum Gasteiger partial charge on any atom is 0.271 e. The van der Waals surface area contributed by atoms with Gasteiger partial charge in [0, 0.05) is 24.1 Å². The summed E-state index contributed by atoms with van der Waals surface area (Å²) in [6.07, 6.45) is 2.20. The number of carbonyl (C=O) groups excluding carboxylic acids is 1. The lowest BCUT2D eigenvalue weighted by atomic mass is 10.3. The Labute approximate surface area is 171 Å². The Hall–Kier alpha value is -3.39. The summed E-state index contributed by atoms with van der Waals surface area (Å²) in [6.45, 7) is -0.295. The van der Waals surface area contributed by atoms with Crippen LogP contribution >= 0.6 is 11.6 Å². The number of nitrogens with zero attached hydrogens (tertiary/aromatic N) is 3. The lowest BCUT2D eigenvalue weighted by Crippen LogP contribution is -2.22. The molecule has 0 radical (unpaired) electrons. The molecule has 0 spiro atoms. The van der Waals surface area contributed by atoms with Crippen LogP contribution in [0.3, 0.4) is 0 Å². The van der Waals surface area contributed by atoms with Gasteiger partial charge >= 0.3 is 0 Å². The summed E-state index contributed by atoms with van der Waals surface area (Å²) in [4.78, 5) is 22.6. The second-order valence-corrected chi connectivity index (χ2v) is 7.09. The van der Waals surface area contributed by atoms with E-state index in [9.17, 15) is 14.9 Å². The van der Waals surface area contributed by atoms with Crippen molar-refractivity contribution in [1.29, 1.82) is 0 Å². The van der Waals surface area contributed by atoms with Crippen LogP contribution in [0.1, 0.15) is 24.5 Å². The number of nitrogens with one attached hydrogen (secondary N) is 1. The smallest absolute Gasteiger partial charge is 0.271 e. The second-order valence-electron chi connectivity index (χ2n) is 6.68. The van der Waals surface area contributed by atoms with E-state index in [1.807, 2.05) is 36.4 Å². The molecular formula is C20H17ClN4O4. The van der Waals surface area contributed by atoms with Crippen molar-refractivity contribution in [2.24, 2.45) is 0 Å². The summed E-state index contributed by atoms with van der Waals surface area (Å²) in [5, 5.41) is 18.3. The van der Waals surface area contributed by atoms with Crippen LogP contribution in [-0.2, 0) is 4.79 Å². The Morgan fingerprint density at radius 2 is 2.00 bits per heavy atom. The number of nitro benzene ring substituents is 1. The predicted octanol–water partition coefficient (Wildman–Crippen LogP) is 4.33. The van der Waals surface area contributed by atoms with Crippen LogP contribution in [0.2, 0.25) is 5.02 Å². The van der Waals surface area contributed by atoms with Gasteiger partial charge in [-0.05, 0) is 31.0 Å². The number of carbonyl (C=O) groups is 1. The molecule has 8 nitrogen and oxygen atoms in total. The Kier molecular flexibility index (Phi) is 5.18. The largest absolute Gasteiger partial charge is 0.482 e. The van der Waals surface area contributed by atoms with E-state index >= 15 is 0 Å². The van der Waals surface area contributed by atoms with Gasteiger partial charge < -0.3 is 10.1 Å². The number of benzene rings is 2. The summed E-state index contributed by atoms with van der Waals surface area (Å²) >= 11 is 5.99. The van der Waals surface area contributed by atoms with E-state index < -0.39 is 4.92 Å². The van der Waals surface area contributed by atoms with E-state index in [-0.39, 0.29) is 29.0 Å². The molecule has 9 heteroatoms. The fourth-order valence-corrected chi connectivity index (χ4v) is 3.11. The molecule has 0 unspecified atom stereocenters. The zero-order valence-electron chi connectivity index (χ0n) is 15.2. The van der Waals surface area contributed by atoms with Crippen LogP contribution in [0, 0.1) is 10.1 Å². The molecule has 0 bridgehead atoms. The third-order valence-corrected chi connectivity index (χ3v) is 4.77. The molecule has 0 aliphatic heterocycles. The average molecular weight is 413 g/mol. The number of nitro groups is 1. The molecule has 1 aromatic heterocycles. The van der Waals surface area contributed by atoms with Crippen molar-refractivity contribution >= 4 is 29.0 Å². The Balaban J connectivity index is 1.47. The van der Waals surface area contributed by atoms with E-state index in [1.54, 1.807) is 4.68 Å². The van der Waals surface area contributed by atoms with Gasteiger partial charge in [-0.3, -0.25) is 14.9 Å². The van der Waals surface area contributed by atoms with E-state index in [4.69, 9.17) is 16.3 Å². The Morgan fingerprint density at radius 1 is 1.24 bits per heavy atom. The molecule has 1 aliphatic carbocycles. The van der Waals surface area contributed by atoms with Crippen molar-refractivity contribution in [3.63, 3.8) is 0 Å². The van der Waals surface area contributed by atoms with Gasteiger partial charge in [-0.1, -0.05) is 29.8 Å². The minimum Gasteiger partial charge on any atom is -0.482 e. The summed E-state index contributed by atoms with van der Waals surface area (Å²) in [6, 6.07) is 15.2. The zero-order valence-corrected chi connectivity index (χ0v) is 16.0. The topological polar surface area (TPSA) is 99.3 Å². The van der Waals surface area contributed by atoms with Gasteiger partial charge in [0.15, 0.2) is 6.61 Å².